The first-order chi connectivity index (χ1) is 8.11. The molecule has 0 heterocycles. The predicted octanol–water partition coefficient (Wildman–Crippen LogP) is 3.37. The number of benzene rings is 1. The minimum absolute atomic E-state index is 0.00882. The highest BCUT2D eigenvalue weighted by atomic mass is 79.9. The highest BCUT2D eigenvalue weighted by molar-refractivity contribution is 9.10. The highest BCUT2D eigenvalue weighted by Gasteiger charge is 2.20. The lowest BCUT2D eigenvalue weighted by Crippen LogP contribution is -2.31. The predicted molar refractivity (Wildman–Crippen MR) is 71.7 cm³/mol. The molecule has 2 nitrogen and oxygen atoms in total. The number of hydrazine groups is 1. The smallest absolute Gasteiger partial charge is 0.145 e. The molecule has 1 unspecified atom stereocenters. The number of halogens is 3. The maximum atomic E-state index is 13.8. The van der Waals surface area contributed by atoms with Crippen LogP contribution in [0.25, 0.3) is 0 Å². The SMILES string of the molecule is CCCSCC(NN)c1c(F)ccc(Br)c1F. The molecule has 0 aromatic heterocycles. The Morgan fingerprint density at radius 1 is 1.47 bits per heavy atom. The van der Waals surface area contributed by atoms with Crippen LogP contribution in [0.2, 0.25) is 0 Å². The second-order valence-corrected chi connectivity index (χ2v) is 5.56. The van der Waals surface area contributed by atoms with E-state index >= 15 is 0 Å². The summed E-state index contributed by atoms with van der Waals surface area (Å²) in [6, 6.07) is 2.06. The molecule has 17 heavy (non-hydrogen) atoms. The Labute approximate surface area is 112 Å². The Morgan fingerprint density at radius 2 is 2.18 bits per heavy atom. The van der Waals surface area contributed by atoms with Gasteiger partial charge in [-0.2, -0.15) is 11.8 Å². The molecule has 1 rings (SSSR count). The molecule has 1 aromatic carbocycles. The summed E-state index contributed by atoms with van der Waals surface area (Å²) >= 11 is 4.66. The van der Waals surface area contributed by atoms with Gasteiger partial charge in [-0.1, -0.05) is 6.92 Å². The van der Waals surface area contributed by atoms with Gasteiger partial charge in [-0.15, -0.1) is 0 Å². The van der Waals surface area contributed by atoms with Crippen LogP contribution in [-0.4, -0.2) is 11.5 Å². The molecular weight excluding hydrogens is 310 g/mol. The Morgan fingerprint density at radius 3 is 2.76 bits per heavy atom. The minimum Gasteiger partial charge on any atom is -0.271 e. The van der Waals surface area contributed by atoms with Crippen LogP contribution in [0.15, 0.2) is 16.6 Å². The Hall–Kier alpha value is -0.170. The molecule has 3 N–H and O–H groups in total. The van der Waals surface area contributed by atoms with Crippen LogP contribution < -0.4 is 11.3 Å². The Bertz CT molecular complexity index is 377. The summed E-state index contributed by atoms with van der Waals surface area (Å²) in [5.74, 6) is 5.67. The molecule has 0 aliphatic rings. The summed E-state index contributed by atoms with van der Waals surface area (Å²) < 4.78 is 27.7. The molecule has 1 aromatic rings. The van der Waals surface area contributed by atoms with Gasteiger partial charge in [0.2, 0.25) is 0 Å². The lowest BCUT2D eigenvalue weighted by Gasteiger charge is -2.17. The first-order valence-electron chi connectivity index (χ1n) is 5.29. The molecule has 0 bridgehead atoms. The van der Waals surface area contributed by atoms with Gasteiger partial charge in [-0.25, -0.2) is 8.78 Å². The van der Waals surface area contributed by atoms with Crippen molar-refractivity contribution in [1.29, 1.82) is 0 Å². The number of nitrogens with two attached hydrogens (primary N) is 1. The molecule has 0 aliphatic carbocycles. The van der Waals surface area contributed by atoms with E-state index < -0.39 is 17.7 Å². The van der Waals surface area contributed by atoms with Crippen molar-refractivity contribution in [3.05, 3.63) is 33.8 Å². The van der Waals surface area contributed by atoms with Crippen LogP contribution in [0.1, 0.15) is 24.9 Å². The Balaban J connectivity index is 2.91. The molecule has 0 saturated heterocycles. The third-order valence-corrected chi connectivity index (χ3v) is 4.14. The van der Waals surface area contributed by atoms with E-state index in [1.54, 1.807) is 11.8 Å². The zero-order valence-corrected chi connectivity index (χ0v) is 11.9. The fourth-order valence-corrected chi connectivity index (χ4v) is 2.72. The summed E-state index contributed by atoms with van der Waals surface area (Å²) in [6.45, 7) is 2.05. The van der Waals surface area contributed by atoms with Crippen molar-refractivity contribution in [3.8, 4) is 0 Å². The Kier molecular flexibility index (Phi) is 6.40. The van der Waals surface area contributed by atoms with Gasteiger partial charge in [0.1, 0.15) is 11.6 Å². The van der Waals surface area contributed by atoms with Crippen LogP contribution in [0, 0.1) is 11.6 Å². The molecule has 1 atom stereocenters. The van der Waals surface area contributed by atoms with Gasteiger partial charge in [0, 0.05) is 11.3 Å². The molecule has 0 amide bonds. The van der Waals surface area contributed by atoms with E-state index in [0.29, 0.717) is 5.75 Å². The van der Waals surface area contributed by atoms with Gasteiger partial charge < -0.3 is 0 Å². The normalized spacial score (nSPS) is 12.8. The third-order valence-electron chi connectivity index (χ3n) is 2.26. The van der Waals surface area contributed by atoms with Gasteiger partial charge in [-0.3, -0.25) is 11.3 Å². The number of thioether (sulfide) groups is 1. The first-order valence-corrected chi connectivity index (χ1v) is 7.23. The molecule has 0 saturated carbocycles. The number of rotatable bonds is 6. The summed E-state index contributed by atoms with van der Waals surface area (Å²) in [5.41, 5.74) is 2.46. The second-order valence-electron chi connectivity index (χ2n) is 3.55. The van der Waals surface area contributed by atoms with Crippen molar-refractivity contribution in [2.24, 2.45) is 5.84 Å². The van der Waals surface area contributed by atoms with Crippen molar-refractivity contribution < 1.29 is 8.78 Å². The van der Waals surface area contributed by atoms with Gasteiger partial charge >= 0.3 is 0 Å². The van der Waals surface area contributed by atoms with E-state index in [4.69, 9.17) is 5.84 Å². The lowest BCUT2D eigenvalue weighted by atomic mass is 10.1. The molecule has 0 radical (unpaired) electrons. The topological polar surface area (TPSA) is 38.0 Å². The number of nitrogens with one attached hydrogen (secondary N) is 1. The van der Waals surface area contributed by atoms with Crippen LogP contribution >= 0.6 is 27.7 Å². The second kappa shape index (κ2) is 7.31. The van der Waals surface area contributed by atoms with E-state index in [1.165, 1.54) is 12.1 Å². The number of hydrogen-bond acceptors (Lipinski definition) is 3. The first kappa shape index (κ1) is 14.9. The van der Waals surface area contributed by atoms with Crippen molar-refractivity contribution in [2.75, 3.05) is 11.5 Å². The lowest BCUT2D eigenvalue weighted by molar-refractivity contribution is 0.497. The minimum atomic E-state index is -0.593. The van der Waals surface area contributed by atoms with Crippen molar-refractivity contribution in [3.63, 3.8) is 0 Å². The van der Waals surface area contributed by atoms with E-state index in [1.807, 2.05) is 0 Å². The summed E-state index contributed by atoms with van der Waals surface area (Å²) in [6.07, 6.45) is 1.02. The van der Waals surface area contributed by atoms with Crippen molar-refractivity contribution >= 4 is 27.7 Å². The standard InChI is InChI=1S/C11H15BrF2N2S/c1-2-5-17-6-9(16-15)10-8(13)4-3-7(12)11(10)14/h3-4,9,16H,2,5-6,15H2,1H3. The molecule has 0 aliphatic heterocycles. The van der Waals surface area contributed by atoms with Crippen LogP contribution in [0.3, 0.4) is 0 Å². The van der Waals surface area contributed by atoms with E-state index in [9.17, 15) is 8.78 Å². The molecule has 6 heteroatoms. The molecule has 0 spiro atoms. The highest BCUT2D eigenvalue weighted by Crippen LogP contribution is 2.28. The van der Waals surface area contributed by atoms with E-state index in [-0.39, 0.29) is 10.0 Å². The van der Waals surface area contributed by atoms with Crippen LogP contribution in [0.4, 0.5) is 8.78 Å². The fourth-order valence-electron chi connectivity index (χ4n) is 1.42. The number of hydrogen-bond donors (Lipinski definition) is 2. The average Bonchev–Trinajstić information content (AvgIpc) is 2.32. The van der Waals surface area contributed by atoms with Gasteiger partial charge in [0.05, 0.1) is 10.5 Å². The van der Waals surface area contributed by atoms with Gasteiger partial charge in [0.25, 0.3) is 0 Å². The summed E-state index contributed by atoms with van der Waals surface area (Å²) in [7, 11) is 0. The largest absolute Gasteiger partial charge is 0.271 e. The molecular formula is C11H15BrF2N2S. The van der Waals surface area contributed by atoms with E-state index in [0.717, 1.165) is 12.2 Å². The van der Waals surface area contributed by atoms with E-state index in [2.05, 4.69) is 28.3 Å². The van der Waals surface area contributed by atoms with Gasteiger partial charge in [-0.05, 0) is 40.2 Å². The monoisotopic (exact) mass is 324 g/mol. The van der Waals surface area contributed by atoms with Crippen LogP contribution in [0.5, 0.6) is 0 Å². The van der Waals surface area contributed by atoms with Crippen LogP contribution in [-0.2, 0) is 0 Å². The summed E-state index contributed by atoms with van der Waals surface area (Å²) in [4.78, 5) is 0. The third kappa shape index (κ3) is 3.91. The maximum Gasteiger partial charge on any atom is 0.145 e. The van der Waals surface area contributed by atoms with Crippen molar-refractivity contribution in [2.45, 2.75) is 19.4 Å². The molecule has 96 valence electrons. The fraction of sp³-hybridized carbons (Fsp3) is 0.455. The quantitative estimate of drug-likeness (QED) is 0.364. The van der Waals surface area contributed by atoms with Gasteiger partial charge in [0.15, 0.2) is 0 Å². The maximum absolute atomic E-state index is 13.8. The average molecular weight is 325 g/mol. The summed E-state index contributed by atoms with van der Waals surface area (Å²) in [5, 5.41) is 0. The zero-order chi connectivity index (χ0) is 12.8. The zero-order valence-electron chi connectivity index (χ0n) is 9.47. The van der Waals surface area contributed by atoms with Crippen molar-refractivity contribution in [1.82, 2.24) is 5.43 Å². The molecule has 0 fully saturated rings.